The van der Waals surface area contributed by atoms with Crippen molar-refractivity contribution < 1.29 is 19.5 Å². The van der Waals surface area contributed by atoms with Gasteiger partial charge in [0.1, 0.15) is 5.60 Å². The van der Waals surface area contributed by atoms with E-state index in [1.807, 2.05) is 41.3 Å². The molecule has 25 heavy (non-hydrogen) atoms. The molecule has 1 aromatic rings. The average Bonchev–Trinajstić information content (AvgIpc) is 3.05. The minimum atomic E-state index is -1.04. The SMILES string of the molecule is C=CC(CC(=O)N1CCC2(CC1)CC(C(=O)O)=NO2)c1ccccc1. The van der Waals surface area contributed by atoms with Gasteiger partial charge in [-0.25, -0.2) is 4.79 Å². The summed E-state index contributed by atoms with van der Waals surface area (Å²) < 4.78 is 0. The van der Waals surface area contributed by atoms with Crippen molar-refractivity contribution in [2.75, 3.05) is 13.1 Å². The Bertz CT molecular complexity index is 691. The highest BCUT2D eigenvalue weighted by molar-refractivity contribution is 6.36. The van der Waals surface area contributed by atoms with Crippen molar-refractivity contribution in [2.24, 2.45) is 5.16 Å². The van der Waals surface area contributed by atoms with Crippen LogP contribution in [0.4, 0.5) is 0 Å². The fourth-order valence-electron chi connectivity index (χ4n) is 3.42. The first-order valence-corrected chi connectivity index (χ1v) is 8.47. The van der Waals surface area contributed by atoms with E-state index < -0.39 is 11.6 Å². The van der Waals surface area contributed by atoms with Gasteiger partial charge in [0.15, 0.2) is 5.71 Å². The lowest BCUT2D eigenvalue weighted by atomic mass is 9.86. The van der Waals surface area contributed by atoms with E-state index in [-0.39, 0.29) is 17.5 Å². The second-order valence-electron chi connectivity index (χ2n) is 6.63. The number of carbonyl (C=O) groups excluding carboxylic acids is 1. The fraction of sp³-hybridized carbons (Fsp3) is 0.421. The molecule has 0 aromatic heterocycles. The minimum Gasteiger partial charge on any atom is -0.477 e. The van der Waals surface area contributed by atoms with Crippen LogP contribution in [-0.4, -0.2) is 46.3 Å². The van der Waals surface area contributed by atoms with Crippen molar-refractivity contribution in [3.63, 3.8) is 0 Å². The molecule has 1 spiro atoms. The molecule has 3 rings (SSSR count). The van der Waals surface area contributed by atoms with Gasteiger partial charge in [-0.2, -0.15) is 0 Å². The Morgan fingerprint density at radius 2 is 2.00 bits per heavy atom. The Morgan fingerprint density at radius 1 is 1.32 bits per heavy atom. The maximum atomic E-state index is 12.6. The zero-order chi connectivity index (χ0) is 17.9. The van der Waals surface area contributed by atoms with Gasteiger partial charge >= 0.3 is 5.97 Å². The monoisotopic (exact) mass is 342 g/mol. The zero-order valence-electron chi connectivity index (χ0n) is 14.1. The van der Waals surface area contributed by atoms with Gasteiger partial charge < -0.3 is 14.8 Å². The van der Waals surface area contributed by atoms with Crippen molar-refractivity contribution in [3.05, 3.63) is 48.6 Å². The predicted molar refractivity (Wildman–Crippen MR) is 93.3 cm³/mol. The maximum absolute atomic E-state index is 12.6. The van der Waals surface area contributed by atoms with Crippen LogP contribution in [0.2, 0.25) is 0 Å². The van der Waals surface area contributed by atoms with E-state index in [9.17, 15) is 9.59 Å². The number of carboxylic acids is 1. The molecule has 132 valence electrons. The Labute approximate surface area is 146 Å². The summed E-state index contributed by atoms with van der Waals surface area (Å²) >= 11 is 0. The lowest BCUT2D eigenvalue weighted by Gasteiger charge is -2.37. The normalized spacial score (nSPS) is 19.8. The average molecular weight is 342 g/mol. The molecule has 1 unspecified atom stereocenters. The van der Waals surface area contributed by atoms with Crippen molar-refractivity contribution in [1.29, 1.82) is 0 Å². The molecule has 1 amide bonds. The van der Waals surface area contributed by atoms with Gasteiger partial charge in [-0.1, -0.05) is 41.6 Å². The Hall–Kier alpha value is -2.63. The second-order valence-corrected chi connectivity index (χ2v) is 6.63. The smallest absolute Gasteiger partial charge is 0.353 e. The van der Waals surface area contributed by atoms with Crippen LogP contribution in [0.1, 0.15) is 37.2 Å². The molecule has 0 aliphatic carbocycles. The molecule has 0 radical (unpaired) electrons. The summed E-state index contributed by atoms with van der Waals surface area (Å²) in [6.07, 6.45) is 3.71. The topological polar surface area (TPSA) is 79.2 Å². The summed E-state index contributed by atoms with van der Waals surface area (Å²) in [6, 6.07) is 9.87. The number of aliphatic carboxylic acids is 1. The van der Waals surface area contributed by atoms with Crippen LogP contribution in [0.25, 0.3) is 0 Å². The third kappa shape index (κ3) is 3.73. The molecule has 6 heteroatoms. The summed E-state index contributed by atoms with van der Waals surface area (Å²) in [4.78, 5) is 30.9. The number of oxime groups is 1. The van der Waals surface area contributed by atoms with Gasteiger partial charge in [0, 0.05) is 44.7 Å². The molecule has 1 fully saturated rings. The van der Waals surface area contributed by atoms with Gasteiger partial charge in [-0.15, -0.1) is 6.58 Å². The third-order valence-electron chi connectivity index (χ3n) is 5.02. The van der Waals surface area contributed by atoms with Crippen LogP contribution >= 0.6 is 0 Å². The number of amides is 1. The zero-order valence-corrected chi connectivity index (χ0v) is 14.1. The Balaban J connectivity index is 1.55. The molecular formula is C19H22N2O4. The van der Waals surface area contributed by atoms with Gasteiger partial charge in [0.25, 0.3) is 0 Å². The molecule has 1 N–H and O–H groups in total. The van der Waals surface area contributed by atoms with Crippen LogP contribution < -0.4 is 0 Å². The number of piperidine rings is 1. The van der Waals surface area contributed by atoms with E-state index in [2.05, 4.69) is 11.7 Å². The molecule has 6 nitrogen and oxygen atoms in total. The summed E-state index contributed by atoms with van der Waals surface area (Å²) in [5, 5.41) is 12.7. The highest BCUT2D eigenvalue weighted by atomic mass is 16.7. The predicted octanol–water partition coefficient (Wildman–Crippen LogP) is 2.57. The minimum absolute atomic E-state index is 0.00531. The number of rotatable bonds is 5. The standard InChI is InChI=1S/C19H22N2O4/c1-2-14(15-6-4-3-5-7-15)12-17(22)21-10-8-19(9-11-21)13-16(18(23)24)20-25-19/h2-7,14H,1,8-13H2,(H,23,24). The maximum Gasteiger partial charge on any atom is 0.353 e. The summed E-state index contributed by atoms with van der Waals surface area (Å²) in [5.74, 6) is -0.956. The van der Waals surface area contributed by atoms with E-state index in [1.54, 1.807) is 0 Å². The van der Waals surface area contributed by atoms with E-state index in [4.69, 9.17) is 9.94 Å². The van der Waals surface area contributed by atoms with Gasteiger partial charge in [-0.05, 0) is 5.56 Å². The van der Waals surface area contributed by atoms with Crippen LogP contribution in [0.5, 0.6) is 0 Å². The Kier molecular flexibility index (Phi) is 4.88. The summed E-state index contributed by atoms with van der Waals surface area (Å²) in [6.45, 7) is 4.97. The number of carboxylic acid groups (broad SMARTS) is 1. The summed E-state index contributed by atoms with van der Waals surface area (Å²) in [7, 11) is 0. The lowest BCUT2D eigenvalue weighted by molar-refractivity contribution is -0.137. The number of benzene rings is 1. The molecule has 1 aromatic carbocycles. The van der Waals surface area contributed by atoms with Crippen molar-refractivity contribution in [1.82, 2.24) is 4.90 Å². The third-order valence-corrected chi connectivity index (χ3v) is 5.02. The van der Waals surface area contributed by atoms with E-state index in [1.165, 1.54) is 0 Å². The summed E-state index contributed by atoms with van der Waals surface area (Å²) in [5.41, 5.74) is 0.593. The van der Waals surface area contributed by atoms with E-state index in [0.29, 0.717) is 38.8 Å². The molecule has 0 saturated carbocycles. The highest BCUT2D eigenvalue weighted by Gasteiger charge is 2.44. The van der Waals surface area contributed by atoms with Gasteiger partial charge in [0.05, 0.1) is 0 Å². The molecule has 1 saturated heterocycles. The largest absolute Gasteiger partial charge is 0.477 e. The van der Waals surface area contributed by atoms with E-state index in [0.717, 1.165) is 5.56 Å². The van der Waals surface area contributed by atoms with Crippen LogP contribution in [0, 0.1) is 0 Å². The number of nitrogens with zero attached hydrogens (tertiary/aromatic N) is 2. The fourth-order valence-corrected chi connectivity index (χ4v) is 3.42. The van der Waals surface area contributed by atoms with Gasteiger partial charge in [0.2, 0.25) is 5.91 Å². The first-order chi connectivity index (χ1) is 12.0. The first kappa shape index (κ1) is 17.2. The number of allylic oxidation sites excluding steroid dienone is 1. The molecule has 0 bridgehead atoms. The molecule has 2 aliphatic rings. The van der Waals surface area contributed by atoms with Crippen LogP contribution in [-0.2, 0) is 14.4 Å². The molecule has 2 aliphatic heterocycles. The van der Waals surface area contributed by atoms with Crippen molar-refractivity contribution in [2.45, 2.75) is 37.2 Å². The number of likely N-dealkylation sites (tertiary alicyclic amines) is 1. The molecule has 1 atom stereocenters. The van der Waals surface area contributed by atoms with Crippen molar-refractivity contribution >= 4 is 17.6 Å². The molecular weight excluding hydrogens is 320 g/mol. The quantitative estimate of drug-likeness (QED) is 0.834. The number of hydrogen-bond acceptors (Lipinski definition) is 4. The van der Waals surface area contributed by atoms with Crippen molar-refractivity contribution in [3.8, 4) is 0 Å². The number of carbonyl (C=O) groups is 2. The van der Waals surface area contributed by atoms with Crippen LogP contribution in [0.3, 0.4) is 0 Å². The number of hydrogen-bond donors (Lipinski definition) is 1. The van der Waals surface area contributed by atoms with E-state index >= 15 is 0 Å². The lowest BCUT2D eigenvalue weighted by Crippen LogP contribution is -2.47. The highest BCUT2D eigenvalue weighted by Crippen LogP contribution is 2.35. The Morgan fingerprint density at radius 3 is 2.56 bits per heavy atom. The molecule has 2 heterocycles. The van der Waals surface area contributed by atoms with Crippen LogP contribution in [0.15, 0.2) is 48.1 Å². The first-order valence-electron chi connectivity index (χ1n) is 8.47. The second kappa shape index (κ2) is 7.09. The van der Waals surface area contributed by atoms with Gasteiger partial charge in [-0.3, -0.25) is 4.79 Å².